The summed E-state index contributed by atoms with van der Waals surface area (Å²) in [7, 11) is 3.35. The molecule has 3 aromatic heterocycles. The second-order valence-corrected chi connectivity index (χ2v) is 7.07. The summed E-state index contributed by atoms with van der Waals surface area (Å²) in [5, 5.41) is 19.5. The minimum atomic E-state index is -0.332. The van der Waals surface area contributed by atoms with Gasteiger partial charge in [0.15, 0.2) is 18.1 Å². The number of anilines is 1. The van der Waals surface area contributed by atoms with Gasteiger partial charge in [-0.1, -0.05) is 0 Å². The van der Waals surface area contributed by atoms with Gasteiger partial charge in [0.25, 0.3) is 5.91 Å². The van der Waals surface area contributed by atoms with Crippen LogP contribution in [0.25, 0.3) is 16.7 Å². The predicted octanol–water partition coefficient (Wildman–Crippen LogP) is 1.90. The van der Waals surface area contributed by atoms with E-state index in [9.17, 15) is 4.79 Å². The third-order valence-electron chi connectivity index (χ3n) is 4.74. The highest BCUT2D eigenvalue weighted by atomic mass is 16.5. The highest BCUT2D eigenvalue weighted by Gasteiger charge is 2.16. The number of tetrazole rings is 1. The molecule has 0 unspecified atom stereocenters. The van der Waals surface area contributed by atoms with Crippen molar-refractivity contribution in [2.75, 3.05) is 19.0 Å². The Balaban J connectivity index is 1.51. The molecule has 11 heteroatoms. The van der Waals surface area contributed by atoms with Crippen molar-refractivity contribution in [2.24, 2.45) is 7.05 Å². The Morgan fingerprint density at radius 2 is 2.00 bits per heavy atom. The molecule has 0 saturated carbocycles. The predicted molar refractivity (Wildman–Crippen MR) is 113 cm³/mol. The Hall–Kier alpha value is -4.02. The quantitative estimate of drug-likeness (QED) is 0.500. The van der Waals surface area contributed by atoms with Crippen LogP contribution in [0, 0.1) is 20.8 Å². The van der Waals surface area contributed by atoms with Crippen LogP contribution in [-0.4, -0.2) is 54.6 Å². The molecule has 31 heavy (non-hydrogen) atoms. The number of methoxy groups -OCH3 is 1. The number of hydrogen-bond donors (Lipinski definition) is 1. The summed E-state index contributed by atoms with van der Waals surface area (Å²) in [5.41, 5.74) is 3.76. The van der Waals surface area contributed by atoms with Crippen molar-refractivity contribution in [3.05, 3.63) is 41.3 Å². The Morgan fingerprint density at radius 1 is 1.19 bits per heavy atom. The van der Waals surface area contributed by atoms with Crippen molar-refractivity contribution >= 4 is 22.6 Å². The van der Waals surface area contributed by atoms with Crippen LogP contribution in [0.3, 0.4) is 0 Å². The number of carbonyl (C=O) groups is 1. The molecule has 4 aromatic rings. The molecule has 0 spiro atoms. The van der Waals surface area contributed by atoms with Crippen LogP contribution in [0.4, 0.5) is 5.69 Å². The van der Waals surface area contributed by atoms with Crippen LogP contribution in [0.1, 0.15) is 17.1 Å². The minimum Gasteiger partial charge on any atom is -0.494 e. The van der Waals surface area contributed by atoms with Crippen LogP contribution in [0.5, 0.6) is 11.6 Å². The number of carbonyl (C=O) groups excluding carboxylic acids is 1. The molecule has 1 amide bonds. The Labute approximate surface area is 178 Å². The third kappa shape index (κ3) is 3.89. The van der Waals surface area contributed by atoms with Gasteiger partial charge < -0.3 is 14.8 Å². The van der Waals surface area contributed by atoms with E-state index in [0.29, 0.717) is 34.5 Å². The number of pyridine rings is 1. The molecule has 4 rings (SSSR count). The molecule has 0 atom stereocenters. The largest absolute Gasteiger partial charge is 0.494 e. The molecule has 0 aliphatic rings. The Kier molecular flexibility index (Phi) is 5.24. The van der Waals surface area contributed by atoms with Gasteiger partial charge in [-0.2, -0.15) is 4.68 Å². The van der Waals surface area contributed by atoms with Crippen molar-refractivity contribution in [1.82, 2.24) is 35.0 Å². The van der Waals surface area contributed by atoms with Gasteiger partial charge in [-0.25, -0.2) is 9.67 Å². The number of nitrogens with one attached hydrogen (secondary N) is 1. The molecule has 160 valence electrons. The third-order valence-corrected chi connectivity index (χ3v) is 4.74. The fraction of sp³-hybridized carbons (Fsp3) is 0.300. The molecule has 0 fully saturated rings. The molecule has 1 aromatic carbocycles. The number of aromatic nitrogens is 7. The molecule has 0 saturated heterocycles. The first-order valence-electron chi connectivity index (χ1n) is 9.54. The fourth-order valence-corrected chi connectivity index (χ4v) is 3.37. The topological polar surface area (TPSA) is 122 Å². The van der Waals surface area contributed by atoms with Crippen molar-refractivity contribution in [3.63, 3.8) is 0 Å². The van der Waals surface area contributed by atoms with Crippen LogP contribution >= 0.6 is 0 Å². The summed E-state index contributed by atoms with van der Waals surface area (Å²) >= 11 is 0. The highest BCUT2D eigenvalue weighted by molar-refractivity contribution is 5.93. The highest BCUT2D eigenvalue weighted by Crippen LogP contribution is 2.28. The van der Waals surface area contributed by atoms with Gasteiger partial charge in [-0.15, -0.1) is 10.2 Å². The zero-order valence-corrected chi connectivity index (χ0v) is 17.9. The smallest absolute Gasteiger partial charge is 0.262 e. The summed E-state index contributed by atoms with van der Waals surface area (Å²) < 4.78 is 14.3. The molecule has 3 heterocycles. The minimum absolute atomic E-state index is 0.204. The second-order valence-electron chi connectivity index (χ2n) is 7.07. The maximum atomic E-state index is 12.5. The maximum Gasteiger partial charge on any atom is 0.262 e. The van der Waals surface area contributed by atoms with E-state index in [-0.39, 0.29) is 12.5 Å². The summed E-state index contributed by atoms with van der Waals surface area (Å²) in [5.74, 6) is 1.20. The monoisotopic (exact) mass is 422 g/mol. The normalized spacial score (nSPS) is 11.0. The number of benzene rings is 1. The maximum absolute atomic E-state index is 12.5. The van der Waals surface area contributed by atoms with Crippen molar-refractivity contribution in [1.29, 1.82) is 0 Å². The average Bonchev–Trinajstić information content (AvgIpc) is 3.29. The molecule has 0 aliphatic heterocycles. The lowest BCUT2D eigenvalue weighted by Gasteiger charge is -2.12. The molecule has 11 nitrogen and oxygen atoms in total. The molecular weight excluding hydrogens is 400 g/mol. The number of nitrogens with zero attached hydrogens (tertiary/aromatic N) is 7. The molecule has 0 radical (unpaired) electrons. The lowest BCUT2D eigenvalue weighted by atomic mass is 10.2. The van der Waals surface area contributed by atoms with E-state index in [1.54, 1.807) is 44.0 Å². The first-order chi connectivity index (χ1) is 14.9. The average molecular weight is 422 g/mol. The van der Waals surface area contributed by atoms with Crippen LogP contribution < -0.4 is 14.8 Å². The number of ether oxygens (including phenoxy) is 2. The number of amides is 1. The lowest BCUT2D eigenvalue weighted by molar-refractivity contribution is -0.118. The van der Waals surface area contributed by atoms with E-state index in [1.165, 1.54) is 4.68 Å². The van der Waals surface area contributed by atoms with E-state index in [4.69, 9.17) is 9.47 Å². The number of fused-ring (bicyclic) bond motifs is 1. The van der Waals surface area contributed by atoms with E-state index in [1.807, 2.05) is 19.9 Å². The zero-order valence-electron chi connectivity index (χ0n) is 17.9. The van der Waals surface area contributed by atoms with Gasteiger partial charge in [0, 0.05) is 18.4 Å². The van der Waals surface area contributed by atoms with Crippen molar-refractivity contribution in [2.45, 2.75) is 20.8 Å². The van der Waals surface area contributed by atoms with Crippen LogP contribution in [-0.2, 0) is 11.8 Å². The summed E-state index contributed by atoms with van der Waals surface area (Å²) in [6.45, 7) is 5.46. The standard InChI is InChI=1S/C20H22N8O3/c1-11-8-12(2)21-19-18(11)20(24-27(19)4)31-10-17(29)22-14-6-7-16(30-5)15(9-14)28-13(3)23-25-26-28/h6-9H,10H2,1-5H3,(H,22,29). The number of rotatable bonds is 6. The van der Waals surface area contributed by atoms with Gasteiger partial charge in [0.1, 0.15) is 11.4 Å². The second kappa shape index (κ2) is 8.01. The number of aryl methyl sites for hydroxylation is 4. The molecule has 0 aliphatic carbocycles. The summed E-state index contributed by atoms with van der Waals surface area (Å²) in [6.07, 6.45) is 0. The number of hydrogen-bond acceptors (Lipinski definition) is 8. The molecular formula is C20H22N8O3. The Bertz CT molecular complexity index is 1280. The van der Waals surface area contributed by atoms with Crippen molar-refractivity contribution < 1.29 is 14.3 Å². The van der Waals surface area contributed by atoms with E-state index in [2.05, 4.69) is 30.9 Å². The van der Waals surface area contributed by atoms with E-state index in [0.717, 1.165) is 16.6 Å². The lowest BCUT2D eigenvalue weighted by Crippen LogP contribution is -2.20. The van der Waals surface area contributed by atoms with Gasteiger partial charge >= 0.3 is 0 Å². The summed E-state index contributed by atoms with van der Waals surface area (Å²) in [6, 6.07) is 7.15. The zero-order chi connectivity index (χ0) is 22.1. The first kappa shape index (κ1) is 20.3. The van der Waals surface area contributed by atoms with Gasteiger partial charge in [0.05, 0.1) is 12.5 Å². The van der Waals surface area contributed by atoms with Crippen LogP contribution in [0.2, 0.25) is 0 Å². The van der Waals surface area contributed by atoms with E-state index < -0.39 is 0 Å². The SMILES string of the molecule is COc1ccc(NC(=O)COc2nn(C)c3nc(C)cc(C)c23)cc1-n1nnnc1C. The van der Waals surface area contributed by atoms with E-state index >= 15 is 0 Å². The Morgan fingerprint density at radius 3 is 2.71 bits per heavy atom. The molecule has 0 bridgehead atoms. The van der Waals surface area contributed by atoms with Gasteiger partial charge in [-0.3, -0.25) is 4.79 Å². The van der Waals surface area contributed by atoms with Crippen LogP contribution in [0.15, 0.2) is 24.3 Å². The summed E-state index contributed by atoms with van der Waals surface area (Å²) in [4.78, 5) is 17.0. The first-order valence-corrected chi connectivity index (χ1v) is 9.54. The van der Waals surface area contributed by atoms with Gasteiger partial charge in [-0.05, 0) is 61.0 Å². The molecule has 1 N–H and O–H groups in total. The fourth-order valence-electron chi connectivity index (χ4n) is 3.37. The van der Waals surface area contributed by atoms with Gasteiger partial charge in [0.2, 0.25) is 5.88 Å². The van der Waals surface area contributed by atoms with Crippen molar-refractivity contribution in [3.8, 4) is 17.3 Å².